The van der Waals surface area contributed by atoms with E-state index in [1.54, 1.807) is 4.90 Å². The summed E-state index contributed by atoms with van der Waals surface area (Å²) in [4.78, 5) is 92.6. The molecule has 4 aliphatic rings. The van der Waals surface area contributed by atoms with E-state index < -0.39 is 35.1 Å². The Bertz CT molecular complexity index is 1410. The van der Waals surface area contributed by atoms with E-state index >= 15 is 0 Å². The number of likely N-dealkylation sites (tertiary alicyclic amines) is 1. The molecule has 10 nitrogen and oxygen atoms in total. The van der Waals surface area contributed by atoms with Gasteiger partial charge in [-0.3, -0.25) is 33.8 Å². The summed E-state index contributed by atoms with van der Waals surface area (Å²) in [6.45, 7) is 8.12. The molecule has 0 spiro atoms. The fourth-order valence-corrected chi connectivity index (χ4v) is 8.91. The fourth-order valence-electron chi connectivity index (χ4n) is 8.91. The molecule has 2 heterocycles. The van der Waals surface area contributed by atoms with Crippen molar-refractivity contribution in [1.29, 1.82) is 0 Å². The van der Waals surface area contributed by atoms with E-state index in [1.165, 1.54) is 25.0 Å². The van der Waals surface area contributed by atoms with Crippen LogP contribution in [-0.4, -0.2) is 68.4 Å². The molecule has 51 heavy (non-hydrogen) atoms. The van der Waals surface area contributed by atoms with Gasteiger partial charge in [-0.15, -0.1) is 0 Å². The Balaban J connectivity index is 1.36. The van der Waals surface area contributed by atoms with Crippen LogP contribution in [0.5, 0.6) is 0 Å². The second kappa shape index (κ2) is 17.5. The van der Waals surface area contributed by atoms with Crippen molar-refractivity contribution in [2.24, 2.45) is 40.9 Å². The third-order valence-corrected chi connectivity index (χ3v) is 12.1. The summed E-state index contributed by atoms with van der Waals surface area (Å²) in [5.41, 5.74) is -0.461. The summed E-state index contributed by atoms with van der Waals surface area (Å²) < 4.78 is 0. The van der Waals surface area contributed by atoms with E-state index in [-0.39, 0.29) is 66.0 Å². The molecule has 5 atom stereocenters. The van der Waals surface area contributed by atoms with Gasteiger partial charge in [-0.05, 0) is 55.3 Å². The average Bonchev–Trinajstić information content (AvgIpc) is 3.93. The van der Waals surface area contributed by atoms with E-state index in [4.69, 9.17) is 0 Å². The summed E-state index contributed by atoms with van der Waals surface area (Å²) >= 11 is 0. The van der Waals surface area contributed by atoms with Crippen LogP contribution in [0.2, 0.25) is 0 Å². The summed E-state index contributed by atoms with van der Waals surface area (Å²) in [7, 11) is 0. The number of Topliss-reactive ketones (excluding diaryl/α,β-unsaturated/α-hetero) is 4. The first-order chi connectivity index (χ1) is 24.4. The quantitative estimate of drug-likeness (QED) is 0.143. The Kier molecular flexibility index (Phi) is 13.3. The number of amides is 2. The Morgan fingerprint density at radius 1 is 0.882 bits per heavy atom. The Labute approximate surface area is 304 Å². The number of carbonyl (C=O) groups is 6. The molecular weight excluding hydrogens is 644 g/mol. The van der Waals surface area contributed by atoms with E-state index in [2.05, 4.69) is 15.3 Å². The maximum atomic E-state index is 14.6. The van der Waals surface area contributed by atoms with Crippen molar-refractivity contribution in [3.63, 3.8) is 0 Å². The van der Waals surface area contributed by atoms with E-state index in [1.807, 2.05) is 27.7 Å². The average molecular weight is 705 g/mol. The fraction of sp³-hybridized carbons (Fsp3) is 0.756. The van der Waals surface area contributed by atoms with Crippen LogP contribution in [0.4, 0.5) is 0 Å². The minimum absolute atomic E-state index is 0.00259. The lowest BCUT2D eigenvalue weighted by Crippen LogP contribution is -2.69. The third kappa shape index (κ3) is 9.98. The maximum absolute atomic E-state index is 14.6. The Morgan fingerprint density at radius 3 is 2.14 bits per heavy atom. The van der Waals surface area contributed by atoms with Crippen molar-refractivity contribution >= 4 is 34.9 Å². The molecule has 10 heteroatoms. The lowest BCUT2D eigenvalue weighted by Gasteiger charge is -2.53. The van der Waals surface area contributed by atoms with E-state index in [9.17, 15) is 28.8 Å². The third-order valence-electron chi connectivity index (χ3n) is 12.1. The molecule has 1 aliphatic heterocycles. The molecule has 3 aliphatic carbocycles. The van der Waals surface area contributed by atoms with Crippen LogP contribution < -0.4 is 5.32 Å². The summed E-state index contributed by atoms with van der Waals surface area (Å²) in [6, 6.07) is -1.60. The van der Waals surface area contributed by atoms with Crippen molar-refractivity contribution in [2.75, 3.05) is 6.54 Å². The van der Waals surface area contributed by atoms with Gasteiger partial charge in [-0.25, -0.2) is 4.98 Å². The molecule has 3 saturated carbocycles. The summed E-state index contributed by atoms with van der Waals surface area (Å²) in [5, 5.41) is 3.10. The number of carbonyl (C=O) groups excluding carboxylic acids is 6. The predicted molar refractivity (Wildman–Crippen MR) is 193 cm³/mol. The molecule has 0 radical (unpaired) electrons. The van der Waals surface area contributed by atoms with Crippen molar-refractivity contribution in [1.82, 2.24) is 20.2 Å². The van der Waals surface area contributed by atoms with Crippen LogP contribution in [0.25, 0.3) is 0 Å². The first kappa shape index (κ1) is 38.9. The minimum Gasteiger partial charge on any atom is -0.344 e. The molecule has 4 fully saturated rings. The van der Waals surface area contributed by atoms with E-state index in [0.29, 0.717) is 31.2 Å². The zero-order valence-electron chi connectivity index (χ0n) is 31.4. The molecule has 0 bridgehead atoms. The van der Waals surface area contributed by atoms with Gasteiger partial charge in [0.2, 0.25) is 17.6 Å². The molecule has 1 aromatic rings. The highest BCUT2D eigenvalue weighted by molar-refractivity contribution is 6.38. The molecule has 1 aromatic heterocycles. The molecule has 5 rings (SSSR count). The highest BCUT2D eigenvalue weighted by Crippen LogP contribution is 2.42. The standard InChI is InChI=1S/C41H60N4O6/c1-5-12-29(37(49)35(48)21-26-17-18-26)22-34(47)36-31(28-15-10-7-11-16-28)25-45(36)40(51)38(41(2,3)4)44-39(50)30(27-13-8-6-9-14-27)23-33(46)32-24-42-19-20-43-32/h19-20,24,26-31,36,38H,5-18,21-23,25H2,1-4H3,(H,44,50)/t29-,30-,31+,36-,38+/m0/s1. The van der Waals surface area contributed by atoms with Crippen molar-refractivity contribution < 1.29 is 28.8 Å². The van der Waals surface area contributed by atoms with Crippen molar-refractivity contribution in [2.45, 2.75) is 149 Å². The van der Waals surface area contributed by atoms with Crippen LogP contribution >= 0.6 is 0 Å². The first-order valence-corrected chi connectivity index (χ1v) is 19.9. The van der Waals surface area contributed by atoms with Crippen LogP contribution in [0.3, 0.4) is 0 Å². The molecule has 0 aromatic carbocycles. The Hall–Kier alpha value is -3.30. The monoisotopic (exact) mass is 704 g/mol. The smallest absolute Gasteiger partial charge is 0.246 e. The van der Waals surface area contributed by atoms with Crippen LogP contribution in [0, 0.1) is 40.9 Å². The molecule has 1 saturated heterocycles. The lowest BCUT2D eigenvalue weighted by atomic mass is 9.68. The highest BCUT2D eigenvalue weighted by Gasteiger charge is 2.53. The van der Waals surface area contributed by atoms with Crippen LogP contribution in [0.15, 0.2) is 18.6 Å². The van der Waals surface area contributed by atoms with Gasteiger partial charge in [0, 0.05) is 56.0 Å². The molecular formula is C41H60N4O6. The van der Waals surface area contributed by atoms with Crippen LogP contribution in [-0.2, 0) is 24.0 Å². The van der Waals surface area contributed by atoms with Crippen LogP contribution in [0.1, 0.15) is 147 Å². The van der Waals surface area contributed by atoms with Gasteiger partial charge in [0.05, 0.1) is 12.2 Å². The highest BCUT2D eigenvalue weighted by atomic mass is 16.2. The number of nitrogens with one attached hydrogen (secondary N) is 1. The minimum atomic E-state index is -0.918. The first-order valence-electron chi connectivity index (χ1n) is 19.9. The maximum Gasteiger partial charge on any atom is 0.246 e. The van der Waals surface area contributed by atoms with Gasteiger partial charge in [-0.1, -0.05) is 85.5 Å². The largest absolute Gasteiger partial charge is 0.344 e. The molecule has 0 unspecified atom stereocenters. The molecule has 280 valence electrons. The zero-order chi connectivity index (χ0) is 36.7. The number of ketones is 4. The molecule has 2 amide bonds. The normalized spacial score (nSPS) is 23.4. The van der Waals surface area contributed by atoms with Gasteiger partial charge in [-0.2, -0.15) is 0 Å². The van der Waals surface area contributed by atoms with Gasteiger partial charge in [0.25, 0.3) is 0 Å². The van der Waals surface area contributed by atoms with Gasteiger partial charge >= 0.3 is 0 Å². The number of hydrogen-bond donors (Lipinski definition) is 1. The topological polar surface area (TPSA) is 143 Å². The van der Waals surface area contributed by atoms with Crippen molar-refractivity contribution in [3.8, 4) is 0 Å². The van der Waals surface area contributed by atoms with Crippen molar-refractivity contribution in [3.05, 3.63) is 24.3 Å². The van der Waals surface area contributed by atoms with Gasteiger partial charge in [0.15, 0.2) is 17.3 Å². The SMILES string of the molecule is CCC[C@@H](CC(=O)[C@@H]1[C@@H](C2CCCCC2)CN1C(=O)[C@@H](NC(=O)[C@@H](CC(=O)c1cnccn1)C1CCCCC1)C(C)(C)C)C(=O)C(=O)CC1CC1. The molecule has 1 N–H and O–H groups in total. The second-order valence-corrected chi connectivity index (χ2v) is 17.1. The van der Waals surface area contributed by atoms with Gasteiger partial charge < -0.3 is 10.2 Å². The number of hydrogen-bond acceptors (Lipinski definition) is 8. The number of nitrogens with zero attached hydrogens (tertiary/aromatic N) is 3. The Morgan fingerprint density at radius 2 is 1.55 bits per heavy atom. The van der Waals surface area contributed by atoms with Gasteiger partial charge in [0.1, 0.15) is 11.7 Å². The summed E-state index contributed by atoms with van der Waals surface area (Å²) in [5.74, 6) is -2.47. The van der Waals surface area contributed by atoms with E-state index in [0.717, 1.165) is 70.6 Å². The number of aromatic nitrogens is 2. The second-order valence-electron chi connectivity index (χ2n) is 17.1. The number of rotatable bonds is 17. The lowest BCUT2D eigenvalue weighted by molar-refractivity contribution is -0.161. The predicted octanol–water partition coefficient (Wildman–Crippen LogP) is 6.50. The zero-order valence-corrected chi connectivity index (χ0v) is 31.4. The summed E-state index contributed by atoms with van der Waals surface area (Å²) in [6.07, 6.45) is 17.8.